The van der Waals surface area contributed by atoms with Gasteiger partial charge >= 0.3 is 0 Å². The summed E-state index contributed by atoms with van der Waals surface area (Å²) in [7, 11) is 0. The number of nitrogens with one attached hydrogen (secondary N) is 2. The van der Waals surface area contributed by atoms with Crippen LogP contribution in [0.25, 0.3) is 21.5 Å². The van der Waals surface area contributed by atoms with E-state index >= 15 is 0 Å². The van der Waals surface area contributed by atoms with Gasteiger partial charge in [0.25, 0.3) is 0 Å². The van der Waals surface area contributed by atoms with E-state index < -0.39 is 18.1 Å². The summed E-state index contributed by atoms with van der Waals surface area (Å²) >= 11 is 0. The molecule has 1 saturated heterocycles. The zero-order chi connectivity index (χ0) is 25.7. The van der Waals surface area contributed by atoms with Crippen LogP contribution in [0.5, 0.6) is 0 Å². The smallest absolute Gasteiger partial charge is 0.220 e. The number of benzene rings is 3. The van der Waals surface area contributed by atoms with Gasteiger partial charge in [0.05, 0.1) is 6.61 Å². The summed E-state index contributed by atoms with van der Waals surface area (Å²) in [6.45, 7) is 8.24. The van der Waals surface area contributed by atoms with Crippen LogP contribution in [-0.2, 0) is 25.7 Å². The van der Waals surface area contributed by atoms with E-state index in [1.807, 2.05) is 27.7 Å². The van der Waals surface area contributed by atoms with Crippen LogP contribution in [0.4, 0.5) is 5.69 Å². The van der Waals surface area contributed by atoms with Crippen molar-refractivity contribution >= 4 is 33.1 Å². The van der Waals surface area contributed by atoms with Crippen LogP contribution in [-0.4, -0.2) is 42.3 Å². The Morgan fingerprint density at radius 3 is 2.61 bits per heavy atom. The number of hydrogen-bond acceptors (Lipinski definition) is 6. The maximum Gasteiger partial charge on any atom is 0.220 e. The summed E-state index contributed by atoms with van der Waals surface area (Å²) < 4.78 is 6.25. The van der Waals surface area contributed by atoms with Crippen molar-refractivity contribution in [1.82, 2.24) is 5.32 Å². The lowest BCUT2D eigenvalue weighted by Crippen LogP contribution is -2.54. The second-order valence-electron chi connectivity index (χ2n) is 10.3. The summed E-state index contributed by atoms with van der Waals surface area (Å²) in [5, 5.41) is 19.9. The molecule has 3 aromatic rings. The first-order chi connectivity index (χ1) is 17.3. The largest absolute Gasteiger partial charge is 0.395 e. The molecule has 1 aliphatic rings. The van der Waals surface area contributed by atoms with Crippen LogP contribution >= 0.6 is 0 Å². The summed E-state index contributed by atoms with van der Waals surface area (Å²) in [6, 6.07) is 17.0. The minimum atomic E-state index is -0.677. The van der Waals surface area contributed by atoms with Gasteiger partial charge in [0.15, 0.2) is 12.5 Å². The molecule has 2 atom stereocenters. The first kappa shape index (κ1) is 26.4. The van der Waals surface area contributed by atoms with Crippen LogP contribution in [0.2, 0.25) is 0 Å². The molecular formula is C29H38N2O5. The van der Waals surface area contributed by atoms with E-state index in [2.05, 4.69) is 59.2 Å². The van der Waals surface area contributed by atoms with Crippen molar-refractivity contribution in [2.45, 2.75) is 71.5 Å². The lowest BCUT2D eigenvalue weighted by Gasteiger charge is -2.42. The second-order valence-corrected chi connectivity index (χ2v) is 10.3. The molecule has 3 aromatic carbocycles. The SMILES string of the molecule is CC(C)C1OOC(C)(C)C(Nc2cccc3c(CCCCC(=O)NCCO)c4ccccc4cc23)O1. The molecule has 1 amide bonds. The molecule has 0 spiro atoms. The van der Waals surface area contributed by atoms with E-state index in [4.69, 9.17) is 19.6 Å². The van der Waals surface area contributed by atoms with Gasteiger partial charge in [-0.25, -0.2) is 9.78 Å². The number of hydrogen-bond donors (Lipinski definition) is 3. The molecule has 36 heavy (non-hydrogen) atoms. The fourth-order valence-electron chi connectivity index (χ4n) is 4.60. The number of anilines is 1. The molecule has 3 N–H and O–H groups in total. The lowest BCUT2D eigenvalue weighted by atomic mass is 9.92. The molecule has 0 bridgehead atoms. The Bertz CT molecular complexity index is 1190. The predicted octanol–water partition coefficient (Wildman–Crippen LogP) is 5.29. The highest BCUT2D eigenvalue weighted by atomic mass is 17.2. The Labute approximate surface area is 213 Å². The molecule has 0 aromatic heterocycles. The molecule has 0 radical (unpaired) electrons. The van der Waals surface area contributed by atoms with Gasteiger partial charge in [-0.2, -0.15) is 0 Å². The highest BCUT2D eigenvalue weighted by Crippen LogP contribution is 2.36. The summed E-state index contributed by atoms with van der Waals surface area (Å²) in [5.41, 5.74) is 1.59. The number of carbonyl (C=O) groups is 1. The number of unbranched alkanes of at least 4 members (excludes halogenated alkanes) is 1. The predicted molar refractivity (Wildman–Crippen MR) is 142 cm³/mol. The molecule has 2 unspecified atom stereocenters. The van der Waals surface area contributed by atoms with Crippen LogP contribution < -0.4 is 10.6 Å². The van der Waals surface area contributed by atoms with Gasteiger partial charge in [-0.3, -0.25) is 4.79 Å². The van der Waals surface area contributed by atoms with Gasteiger partial charge in [-0.05, 0) is 67.0 Å². The van der Waals surface area contributed by atoms with Crippen molar-refractivity contribution < 1.29 is 24.4 Å². The third-order valence-electron chi connectivity index (χ3n) is 6.62. The van der Waals surface area contributed by atoms with E-state index in [1.54, 1.807) is 0 Å². The Morgan fingerprint density at radius 1 is 1.06 bits per heavy atom. The molecule has 1 aliphatic heterocycles. The number of amides is 1. The summed E-state index contributed by atoms with van der Waals surface area (Å²) in [5.74, 6) is 0.137. The number of carbonyl (C=O) groups excluding carboxylic acids is 1. The minimum absolute atomic E-state index is 0.0145. The standard InChI is InChI=1S/C29H38N2O5/c1-19(2)27-34-28(29(3,4)36-35-27)31-25-14-9-13-23-22(12-7-8-15-26(33)30-16-17-32)21-11-6-5-10-20(21)18-24(23)25/h5-6,9-11,13-14,18-19,27-28,31-32H,7-8,12,15-17H2,1-4H3,(H,30,33). The van der Waals surface area contributed by atoms with Crippen molar-refractivity contribution in [2.24, 2.45) is 5.92 Å². The van der Waals surface area contributed by atoms with Crippen LogP contribution in [0.1, 0.15) is 52.5 Å². The van der Waals surface area contributed by atoms with E-state index in [0.29, 0.717) is 13.0 Å². The van der Waals surface area contributed by atoms with E-state index in [0.717, 1.165) is 30.3 Å². The van der Waals surface area contributed by atoms with Crippen LogP contribution in [0.3, 0.4) is 0 Å². The zero-order valence-electron chi connectivity index (χ0n) is 21.7. The van der Waals surface area contributed by atoms with Crippen molar-refractivity contribution in [3.8, 4) is 0 Å². The normalized spacial score (nSPS) is 19.6. The Hall–Kier alpha value is -2.71. The third kappa shape index (κ3) is 5.98. The number of fused-ring (bicyclic) bond motifs is 2. The van der Waals surface area contributed by atoms with Gasteiger partial charge in [0.2, 0.25) is 5.91 Å². The fraction of sp³-hybridized carbons (Fsp3) is 0.483. The van der Waals surface area contributed by atoms with E-state index in [-0.39, 0.29) is 18.4 Å². The van der Waals surface area contributed by atoms with E-state index in [1.165, 1.54) is 21.7 Å². The Morgan fingerprint density at radius 2 is 1.83 bits per heavy atom. The highest BCUT2D eigenvalue weighted by molar-refractivity contribution is 6.07. The van der Waals surface area contributed by atoms with Crippen LogP contribution in [0, 0.1) is 5.92 Å². The van der Waals surface area contributed by atoms with Crippen molar-refractivity contribution in [3.63, 3.8) is 0 Å². The summed E-state index contributed by atoms with van der Waals surface area (Å²) in [6.07, 6.45) is 2.17. The second kappa shape index (κ2) is 11.6. The summed E-state index contributed by atoms with van der Waals surface area (Å²) in [4.78, 5) is 23.1. The third-order valence-corrected chi connectivity index (χ3v) is 6.62. The van der Waals surface area contributed by atoms with Crippen molar-refractivity contribution in [1.29, 1.82) is 0 Å². The maximum atomic E-state index is 11.9. The molecule has 7 heteroatoms. The number of ether oxygens (including phenoxy) is 1. The van der Waals surface area contributed by atoms with Gasteiger partial charge in [-0.15, -0.1) is 0 Å². The number of aliphatic hydroxyl groups excluding tert-OH is 1. The van der Waals surface area contributed by atoms with Gasteiger partial charge < -0.3 is 20.5 Å². The molecule has 0 saturated carbocycles. The number of aryl methyl sites for hydroxylation is 1. The molecule has 1 heterocycles. The quantitative estimate of drug-likeness (QED) is 0.202. The Balaban J connectivity index is 1.62. The lowest BCUT2D eigenvalue weighted by molar-refractivity contribution is -0.485. The topological polar surface area (TPSA) is 89.1 Å². The average molecular weight is 495 g/mol. The monoisotopic (exact) mass is 494 g/mol. The Kier molecular flexibility index (Phi) is 8.46. The zero-order valence-corrected chi connectivity index (χ0v) is 21.7. The molecule has 0 aliphatic carbocycles. The minimum Gasteiger partial charge on any atom is -0.395 e. The van der Waals surface area contributed by atoms with Gasteiger partial charge in [-0.1, -0.05) is 50.2 Å². The van der Waals surface area contributed by atoms with Gasteiger partial charge in [0, 0.05) is 30.0 Å². The number of aliphatic hydroxyl groups is 1. The molecular weight excluding hydrogens is 456 g/mol. The average Bonchev–Trinajstić information content (AvgIpc) is 2.86. The molecule has 7 nitrogen and oxygen atoms in total. The number of rotatable bonds is 10. The molecule has 194 valence electrons. The molecule has 1 fully saturated rings. The highest BCUT2D eigenvalue weighted by Gasteiger charge is 2.41. The maximum absolute atomic E-state index is 11.9. The fourth-order valence-corrected chi connectivity index (χ4v) is 4.60. The first-order valence-electron chi connectivity index (χ1n) is 12.9. The van der Waals surface area contributed by atoms with Crippen LogP contribution in [0.15, 0.2) is 48.5 Å². The molecule has 4 rings (SSSR count). The van der Waals surface area contributed by atoms with Crippen molar-refractivity contribution in [3.05, 3.63) is 54.1 Å². The van der Waals surface area contributed by atoms with Crippen molar-refractivity contribution in [2.75, 3.05) is 18.5 Å². The first-order valence-corrected chi connectivity index (χ1v) is 12.9. The van der Waals surface area contributed by atoms with Gasteiger partial charge in [0.1, 0.15) is 5.60 Å². The van der Waals surface area contributed by atoms with E-state index in [9.17, 15) is 4.79 Å².